The van der Waals surface area contributed by atoms with Gasteiger partial charge in [0.15, 0.2) is 0 Å². The first-order chi connectivity index (χ1) is 6.18. The van der Waals surface area contributed by atoms with Crippen molar-refractivity contribution >= 4 is 6.21 Å². The van der Waals surface area contributed by atoms with Crippen molar-refractivity contribution in [2.45, 2.75) is 26.3 Å². The van der Waals surface area contributed by atoms with Gasteiger partial charge in [-0.25, -0.2) is 0 Å². The summed E-state index contributed by atoms with van der Waals surface area (Å²) in [5, 5.41) is 0. The van der Waals surface area contributed by atoms with Crippen LogP contribution in [0.15, 0.2) is 35.3 Å². The van der Waals surface area contributed by atoms with Crippen molar-refractivity contribution in [1.82, 2.24) is 0 Å². The lowest BCUT2D eigenvalue weighted by Gasteiger charge is -1.96. The molecule has 0 aliphatic heterocycles. The molecule has 1 unspecified atom stereocenters. The van der Waals surface area contributed by atoms with E-state index < -0.39 is 0 Å². The molecule has 0 saturated heterocycles. The molecule has 1 aliphatic carbocycles. The third-order valence-corrected chi connectivity index (χ3v) is 2.66. The molecule has 13 heavy (non-hydrogen) atoms. The Labute approximate surface area is 79.5 Å². The second kappa shape index (κ2) is 2.99. The Bertz CT molecular complexity index is 311. The number of nitrogens with zero attached hydrogens (tertiary/aromatic N) is 1. The van der Waals surface area contributed by atoms with Crippen LogP contribution in [0.25, 0.3) is 0 Å². The van der Waals surface area contributed by atoms with Gasteiger partial charge in [0.1, 0.15) is 0 Å². The molecule has 1 aliphatic rings. The third kappa shape index (κ3) is 1.97. The second-order valence-electron chi connectivity index (χ2n) is 4.40. The van der Waals surface area contributed by atoms with E-state index in [9.17, 15) is 0 Å². The van der Waals surface area contributed by atoms with E-state index in [1.807, 2.05) is 24.4 Å². The zero-order valence-electron chi connectivity index (χ0n) is 8.20. The fraction of sp³-hybridized carbons (Fsp3) is 0.417. The van der Waals surface area contributed by atoms with E-state index in [4.69, 9.17) is 0 Å². The summed E-state index contributed by atoms with van der Waals surface area (Å²) >= 11 is 0. The van der Waals surface area contributed by atoms with E-state index in [1.165, 1.54) is 12.0 Å². The summed E-state index contributed by atoms with van der Waals surface area (Å²) in [6.07, 6.45) is 3.22. The lowest BCUT2D eigenvalue weighted by Crippen LogP contribution is -1.92. The van der Waals surface area contributed by atoms with Crippen molar-refractivity contribution in [3.05, 3.63) is 35.9 Å². The standard InChI is InChI=1S/C12H15N/c1-12(2)8-11(12)13-9-10-6-4-3-5-7-10/h3-7,9,11H,8H2,1-2H3. The normalized spacial score (nSPS) is 24.9. The van der Waals surface area contributed by atoms with Crippen LogP contribution < -0.4 is 0 Å². The van der Waals surface area contributed by atoms with Crippen molar-refractivity contribution in [2.24, 2.45) is 10.4 Å². The Kier molecular flexibility index (Phi) is 1.95. The van der Waals surface area contributed by atoms with E-state index >= 15 is 0 Å². The largest absolute Gasteiger partial charge is 0.289 e. The summed E-state index contributed by atoms with van der Waals surface area (Å²) in [5.74, 6) is 0. The Balaban J connectivity index is 2.00. The molecule has 1 nitrogen and oxygen atoms in total. The minimum Gasteiger partial charge on any atom is -0.289 e. The van der Waals surface area contributed by atoms with Gasteiger partial charge in [0.25, 0.3) is 0 Å². The maximum absolute atomic E-state index is 4.53. The van der Waals surface area contributed by atoms with Crippen molar-refractivity contribution in [3.63, 3.8) is 0 Å². The molecule has 0 aromatic heterocycles. The highest BCUT2D eigenvalue weighted by Gasteiger charge is 2.45. The van der Waals surface area contributed by atoms with Crippen LogP contribution in [-0.4, -0.2) is 12.3 Å². The molecule has 1 atom stereocenters. The highest BCUT2D eigenvalue weighted by atomic mass is 14.9. The van der Waals surface area contributed by atoms with Gasteiger partial charge in [-0.15, -0.1) is 0 Å². The molecule has 1 heteroatoms. The first-order valence-electron chi connectivity index (χ1n) is 4.77. The van der Waals surface area contributed by atoms with Gasteiger partial charge in [-0.05, 0) is 17.4 Å². The number of hydrogen-bond donors (Lipinski definition) is 0. The predicted octanol–water partition coefficient (Wildman–Crippen LogP) is 2.90. The van der Waals surface area contributed by atoms with Gasteiger partial charge < -0.3 is 0 Å². The zero-order chi connectivity index (χ0) is 9.31. The van der Waals surface area contributed by atoms with E-state index in [-0.39, 0.29) is 0 Å². The fourth-order valence-electron chi connectivity index (χ4n) is 1.41. The molecule has 0 spiro atoms. The van der Waals surface area contributed by atoms with Crippen LogP contribution in [0.3, 0.4) is 0 Å². The van der Waals surface area contributed by atoms with E-state index in [0.717, 1.165) is 0 Å². The van der Waals surface area contributed by atoms with Crippen LogP contribution in [-0.2, 0) is 0 Å². The molecule has 1 saturated carbocycles. The van der Waals surface area contributed by atoms with Gasteiger partial charge in [-0.3, -0.25) is 4.99 Å². The number of benzene rings is 1. The van der Waals surface area contributed by atoms with Crippen LogP contribution >= 0.6 is 0 Å². The lowest BCUT2D eigenvalue weighted by molar-refractivity contribution is 0.619. The number of rotatable bonds is 2. The minimum absolute atomic E-state index is 0.450. The third-order valence-electron chi connectivity index (χ3n) is 2.66. The van der Waals surface area contributed by atoms with E-state index in [1.54, 1.807) is 0 Å². The van der Waals surface area contributed by atoms with Crippen LogP contribution in [0.2, 0.25) is 0 Å². The minimum atomic E-state index is 0.450. The average molecular weight is 173 g/mol. The molecular weight excluding hydrogens is 158 g/mol. The molecule has 0 bridgehead atoms. The predicted molar refractivity (Wildman–Crippen MR) is 56.2 cm³/mol. The van der Waals surface area contributed by atoms with Crippen molar-refractivity contribution < 1.29 is 0 Å². The Morgan fingerprint density at radius 2 is 1.92 bits per heavy atom. The maximum atomic E-state index is 4.53. The van der Waals surface area contributed by atoms with Crippen LogP contribution in [0.1, 0.15) is 25.8 Å². The topological polar surface area (TPSA) is 12.4 Å². The van der Waals surface area contributed by atoms with Crippen molar-refractivity contribution in [2.75, 3.05) is 0 Å². The van der Waals surface area contributed by atoms with Gasteiger partial charge in [-0.1, -0.05) is 44.2 Å². The van der Waals surface area contributed by atoms with Gasteiger partial charge in [-0.2, -0.15) is 0 Å². The van der Waals surface area contributed by atoms with Gasteiger partial charge in [0.05, 0.1) is 6.04 Å². The summed E-state index contributed by atoms with van der Waals surface area (Å²) in [4.78, 5) is 4.53. The molecule has 0 amide bonds. The highest BCUT2D eigenvalue weighted by molar-refractivity contribution is 5.79. The molecule has 1 fully saturated rings. The summed E-state index contributed by atoms with van der Waals surface area (Å²) < 4.78 is 0. The van der Waals surface area contributed by atoms with E-state index in [2.05, 4.69) is 31.0 Å². The fourth-order valence-corrected chi connectivity index (χ4v) is 1.41. The Hall–Kier alpha value is -1.11. The molecule has 1 aromatic carbocycles. The van der Waals surface area contributed by atoms with E-state index in [0.29, 0.717) is 11.5 Å². The summed E-state index contributed by atoms with van der Waals surface area (Å²) in [6, 6.07) is 10.8. The summed E-state index contributed by atoms with van der Waals surface area (Å²) in [6.45, 7) is 4.53. The van der Waals surface area contributed by atoms with Gasteiger partial charge in [0, 0.05) is 6.21 Å². The van der Waals surface area contributed by atoms with Crippen LogP contribution in [0.5, 0.6) is 0 Å². The number of hydrogen-bond acceptors (Lipinski definition) is 1. The molecule has 2 rings (SSSR count). The average Bonchev–Trinajstić information content (AvgIpc) is 2.73. The van der Waals surface area contributed by atoms with Crippen LogP contribution in [0, 0.1) is 5.41 Å². The van der Waals surface area contributed by atoms with Crippen LogP contribution in [0.4, 0.5) is 0 Å². The van der Waals surface area contributed by atoms with Crippen molar-refractivity contribution in [1.29, 1.82) is 0 Å². The molecule has 68 valence electrons. The molecule has 1 aromatic rings. The van der Waals surface area contributed by atoms with Gasteiger partial charge >= 0.3 is 0 Å². The molecule has 0 radical (unpaired) electrons. The first kappa shape index (κ1) is 8.49. The lowest BCUT2D eigenvalue weighted by atomic mass is 10.2. The quantitative estimate of drug-likeness (QED) is 0.610. The zero-order valence-corrected chi connectivity index (χ0v) is 8.20. The molecule has 0 heterocycles. The maximum Gasteiger partial charge on any atom is 0.0557 e. The first-order valence-corrected chi connectivity index (χ1v) is 4.77. The number of aliphatic imine (C=N–C) groups is 1. The Morgan fingerprint density at radius 1 is 1.31 bits per heavy atom. The molecular formula is C12H15N. The van der Waals surface area contributed by atoms with Gasteiger partial charge in [0.2, 0.25) is 0 Å². The Morgan fingerprint density at radius 3 is 2.46 bits per heavy atom. The summed E-state index contributed by atoms with van der Waals surface area (Å²) in [7, 11) is 0. The molecule has 0 N–H and O–H groups in total. The smallest absolute Gasteiger partial charge is 0.0557 e. The summed E-state index contributed by atoms with van der Waals surface area (Å²) in [5.41, 5.74) is 1.65. The monoisotopic (exact) mass is 173 g/mol. The second-order valence-corrected chi connectivity index (χ2v) is 4.40. The SMILES string of the molecule is CC1(C)CC1N=Cc1ccccc1. The van der Waals surface area contributed by atoms with Crippen molar-refractivity contribution in [3.8, 4) is 0 Å². The highest BCUT2D eigenvalue weighted by Crippen LogP contribution is 2.47.